The average molecular weight is 514 g/mol. The predicted octanol–water partition coefficient (Wildman–Crippen LogP) is 3.58. The third-order valence-corrected chi connectivity index (χ3v) is 4.01. The molecule has 0 heterocycles. The van der Waals surface area contributed by atoms with Crippen LogP contribution in [0.4, 0.5) is 4.79 Å². The first-order valence-corrected chi connectivity index (χ1v) is 10.5. The summed E-state index contributed by atoms with van der Waals surface area (Å²) in [6.07, 6.45) is 2.68. The number of hydrogen-bond donors (Lipinski definition) is 3. The number of alkyl carbamates (subject to hydrolysis) is 1. The van der Waals surface area contributed by atoms with E-state index in [2.05, 4.69) is 53.5 Å². The number of nitrogens with one attached hydrogen (secondary N) is 3. The van der Waals surface area contributed by atoms with E-state index in [-0.39, 0.29) is 30.1 Å². The Kier molecular flexibility index (Phi) is 18.0. The number of nitrogens with zero attached hydrogens (tertiary/aromatic N) is 2. The van der Waals surface area contributed by atoms with Gasteiger partial charge in [0.05, 0.1) is 0 Å². The van der Waals surface area contributed by atoms with Crippen LogP contribution < -0.4 is 16.0 Å². The second-order valence-electron chi connectivity index (χ2n) is 7.76. The van der Waals surface area contributed by atoms with Crippen LogP contribution in [0.2, 0.25) is 0 Å². The molecule has 0 aliphatic heterocycles. The van der Waals surface area contributed by atoms with Gasteiger partial charge in [-0.15, -0.1) is 24.0 Å². The fourth-order valence-corrected chi connectivity index (χ4v) is 2.56. The molecule has 0 bridgehead atoms. The Bertz CT molecular complexity index is 423. The molecule has 0 aliphatic rings. The van der Waals surface area contributed by atoms with Gasteiger partial charge in [0, 0.05) is 25.7 Å². The molecule has 0 aromatic rings. The van der Waals surface area contributed by atoms with Crippen molar-refractivity contribution in [3.8, 4) is 0 Å². The van der Waals surface area contributed by atoms with Crippen LogP contribution >= 0.6 is 24.0 Å². The maximum absolute atomic E-state index is 11.6. The third-order valence-electron chi connectivity index (χ3n) is 4.01. The van der Waals surface area contributed by atoms with Gasteiger partial charge in [0.25, 0.3) is 0 Å². The quantitative estimate of drug-likeness (QED) is 0.161. The number of halogens is 1. The number of rotatable bonds is 12. The zero-order chi connectivity index (χ0) is 20.7. The number of hydrogen-bond acceptors (Lipinski definition) is 4. The van der Waals surface area contributed by atoms with Crippen molar-refractivity contribution in [2.75, 3.05) is 39.3 Å². The fourth-order valence-electron chi connectivity index (χ4n) is 2.56. The highest BCUT2D eigenvalue weighted by Crippen LogP contribution is 2.06. The zero-order valence-electron chi connectivity index (χ0n) is 19.1. The van der Waals surface area contributed by atoms with Crippen LogP contribution in [0.3, 0.4) is 0 Å². The Morgan fingerprint density at radius 2 is 1.75 bits per heavy atom. The van der Waals surface area contributed by atoms with Gasteiger partial charge >= 0.3 is 6.09 Å². The minimum absolute atomic E-state index is 0. The maximum Gasteiger partial charge on any atom is 0.407 e. The van der Waals surface area contributed by atoms with E-state index in [9.17, 15) is 4.79 Å². The minimum Gasteiger partial charge on any atom is -0.444 e. The van der Waals surface area contributed by atoms with Crippen LogP contribution in [0, 0.1) is 0 Å². The molecule has 1 atom stereocenters. The van der Waals surface area contributed by atoms with E-state index in [4.69, 9.17) is 4.74 Å². The summed E-state index contributed by atoms with van der Waals surface area (Å²) in [6, 6.07) is 0.373. The Labute approximate surface area is 189 Å². The lowest BCUT2D eigenvalue weighted by Crippen LogP contribution is -2.42. The van der Waals surface area contributed by atoms with Crippen LogP contribution in [0.25, 0.3) is 0 Å². The van der Waals surface area contributed by atoms with Crippen molar-refractivity contribution in [3.63, 3.8) is 0 Å². The standard InChI is InChI=1S/C20H43N5O2.HI/c1-8-21-18(24-17(4)13-11-16-25(9-2)10-3)22-14-12-15-23-19(26)27-20(5,6)7;/h17H,8-16H2,1-7H3,(H,23,26)(H2,21,22,24);1H. The van der Waals surface area contributed by atoms with Gasteiger partial charge < -0.3 is 25.6 Å². The smallest absolute Gasteiger partial charge is 0.407 e. The lowest BCUT2D eigenvalue weighted by Gasteiger charge is -2.21. The molecular weight excluding hydrogens is 469 g/mol. The molecule has 8 heteroatoms. The second kappa shape index (κ2) is 17.1. The number of carbonyl (C=O) groups excluding carboxylic acids is 1. The van der Waals surface area contributed by atoms with Crippen LogP contribution in [0.5, 0.6) is 0 Å². The highest BCUT2D eigenvalue weighted by molar-refractivity contribution is 14.0. The molecule has 0 rings (SSSR count). The van der Waals surface area contributed by atoms with Gasteiger partial charge in [-0.25, -0.2) is 4.79 Å². The first-order valence-electron chi connectivity index (χ1n) is 10.5. The third kappa shape index (κ3) is 17.3. The van der Waals surface area contributed by atoms with Crippen molar-refractivity contribution in [1.29, 1.82) is 0 Å². The lowest BCUT2D eigenvalue weighted by molar-refractivity contribution is 0.0527. The monoisotopic (exact) mass is 513 g/mol. The van der Waals surface area contributed by atoms with E-state index in [1.165, 1.54) is 6.42 Å². The summed E-state index contributed by atoms with van der Waals surface area (Å²) in [5, 5.41) is 9.51. The van der Waals surface area contributed by atoms with Crippen LogP contribution in [0.1, 0.15) is 67.7 Å². The topological polar surface area (TPSA) is 78.0 Å². The van der Waals surface area contributed by atoms with Crippen molar-refractivity contribution in [2.24, 2.45) is 4.99 Å². The van der Waals surface area contributed by atoms with Crippen molar-refractivity contribution in [3.05, 3.63) is 0 Å². The molecule has 0 aliphatic carbocycles. The van der Waals surface area contributed by atoms with Crippen molar-refractivity contribution in [2.45, 2.75) is 79.4 Å². The average Bonchev–Trinajstić information content (AvgIpc) is 2.57. The van der Waals surface area contributed by atoms with Gasteiger partial charge in [-0.3, -0.25) is 4.99 Å². The molecule has 28 heavy (non-hydrogen) atoms. The molecule has 1 unspecified atom stereocenters. The van der Waals surface area contributed by atoms with Gasteiger partial charge in [-0.1, -0.05) is 13.8 Å². The molecule has 0 fully saturated rings. The van der Waals surface area contributed by atoms with Gasteiger partial charge in [-0.05, 0) is 73.5 Å². The number of guanidine groups is 1. The molecule has 0 spiro atoms. The Balaban J connectivity index is 0. The molecular formula is C20H44IN5O2. The number of aliphatic imine (C=N–C) groups is 1. The number of ether oxygens (including phenoxy) is 1. The largest absolute Gasteiger partial charge is 0.444 e. The summed E-state index contributed by atoms with van der Waals surface area (Å²) in [4.78, 5) is 18.6. The second-order valence-corrected chi connectivity index (χ2v) is 7.76. The summed E-state index contributed by atoms with van der Waals surface area (Å²) >= 11 is 0. The van der Waals surface area contributed by atoms with Gasteiger partial charge in [-0.2, -0.15) is 0 Å². The molecule has 0 aromatic heterocycles. The Morgan fingerprint density at radius 1 is 1.11 bits per heavy atom. The summed E-state index contributed by atoms with van der Waals surface area (Å²) in [5.74, 6) is 0.838. The number of carbonyl (C=O) groups is 1. The van der Waals surface area contributed by atoms with E-state index in [1.54, 1.807) is 0 Å². The molecule has 3 N–H and O–H groups in total. The van der Waals surface area contributed by atoms with Gasteiger partial charge in [0.1, 0.15) is 5.60 Å². The first-order chi connectivity index (χ1) is 12.7. The van der Waals surface area contributed by atoms with Gasteiger partial charge in [0.2, 0.25) is 0 Å². The first kappa shape index (κ1) is 29.4. The molecule has 168 valence electrons. The molecule has 0 radical (unpaired) electrons. The van der Waals surface area contributed by atoms with Crippen LogP contribution in [0.15, 0.2) is 4.99 Å². The molecule has 0 saturated carbocycles. The Morgan fingerprint density at radius 3 is 2.29 bits per heavy atom. The Hall–Kier alpha value is -0.770. The van der Waals surface area contributed by atoms with E-state index < -0.39 is 5.60 Å². The van der Waals surface area contributed by atoms with E-state index >= 15 is 0 Å². The summed E-state index contributed by atoms with van der Waals surface area (Å²) in [7, 11) is 0. The highest BCUT2D eigenvalue weighted by atomic mass is 127. The van der Waals surface area contributed by atoms with Gasteiger partial charge in [0.15, 0.2) is 5.96 Å². The van der Waals surface area contributed by atoms with Crippen LogP contribution in [-0.4, -0.2) is 67.9 Å². The van der Waals surface area contributed by atoms with Crippen molar-refractivity contribution < 1.29 is 9.53 Å². The maximum atomic E-state index is 11.6. The molecule has 0 saturated heterocycles. The summed E-state index contributed by atoms with van der Waals surface area (Å²) in [6.45, 7) is 19.6. The SMILES string of the molecule is CCNC(=NCCCNC(=O)OC(C)(C)C)NC(C)CCCN(CC)CC.I. The normalized spacial score (nSPS) is 12.9. The molecule has 0 aromatic carbocycles. The van der Waals surface area contributed by atoms with E-state index in [0.29, 0.717) is 19.1 Å². The fraction of sp³-hybridized carbons (Fsp3) is 0.900. The molecule has 7 nitrogen and oxygen atoms in total. The minimum atomic E-state index is -0.466. The lowest BCUT2D eigenvalue weighted by atomic mass is 10.2. The molecule has 1 amide bonds. The zero-order valence-corrected chi connectivity index (χ0v) is 21.4. The summed E-state index contributed by atoms with van der Waals surface area (Å²) < 4.78 is 5.21. The number of amides is 1. The van der Waals surface area contributed by atoms with E-state index in [0.717, 1.165) is 45.0 Å². The van der Waals surface area contributed by atoms with Crippen molar-refractivity contribution >= 4 is 36.0 Å². The van der Waals surface area contributed by atoms with Crippen molar-refractivity contribution in [1.82, 2.24) is 20.9 Å². The highest BCUT2D eigenvalue weighted by Gasteiger charge is 2.15. The van der Waals surface area contributed by atoms with Crippen LogP contribution in [-0.2, 0) is 4.74 Å². The van der Waals surface area contributed by atoms with E-state index in [1.807, 2.05) is 20.8 Å². The summed E-state index contributed by atoms with van der Waals surface area (Å²) in [5.41, 5.74) is -0.466. The predicted molar refractivity (Wildman–Crippen MR) is 130 cm³/mol.